The van der Waals surface area contributed by atoms with Crippen molar-refractivity contribution in [3.8, 4) is 0 Å². The fourth-order valence-electron chi connectivity index (χ4n) is 2.08. The lowest BCUT2D eigenvalue weighted by Gasteiger charge is -2.13. The highest BCUT2D eigenvalue weighted by Gasteiger charge is 2.30. The molecule has 1 aromatic rings. The highest BCUT2D eigenvalue weighted by Crippen LogP contribution is 2.36. The van der Waals surface area contributed by atoms with E-state index in [4.69, 9.17) is 0 Å². The fourth-order valence-corrected chi connectivity index (χ4v) is 3.02. The van der Waals surface area contributed by atoms with E-state index in [0.29, 0.717) is 12.1 Å². The van der Waals surface area contributed by atoms with Crippen molar-refractivity contribution in [3.05, 3.63) is 23.8 Å². The van der Waals surface area contributed by atoms with Crippen LogP contribution in [0.4, 0.5) is 5.69 Å². The standard InChI is InChI=1S/C12H16N2O3S/c1-4-9-10-7-8(18(16,17)14(2)3)5-6-11(10)13-12(9)15/h5-7,9H,4H2,1-3H3,(H,13,15). The van der Waals surface area contributed by atoms with Crippen LogP contribution in [0.25, 0.3) is 0 Å². The Morgan fingerprint density at radius 3 is 2.56 bits per heavy atom. The first kappa shape index (κ1) is 13.0. The smallest absolute Gasteiger partial charge is 0.242 e. The fraction of sp³-hybridized carbons (Fsp3) is 0.417. The molecule has 98 valence electrons. The topological polar surface area (TPSA) is 66.5 Å². The minimum Gasteiger partial charge on any atom is -0.325 e. The summed E-state index contributed by atoms with van der Waals surface area (Å²) < 4.78 is 25.2. The zero-order chi connectivity index (χ0) is 13.5. The van der Waals surface area contributed by atoms with Gasteiger partial charge < -0.3 is 5.32 Å². The monoisotopic (exact) mass is 268 g/mol. The lowest BCUT2D eigenvalue weighted by atomic mass is 9.98. The number of anilines is 1. The van der Waals surface area contributed by atoms with Crippen LogP contribution in [0, 0.1) is 0 Å². The van der Waals surface area contributed by atoms with Crippen LogP contribution in [0.1, 0.15) is 24.8 Å². The summed E-state index contributed by atoms with van der Waals surface area (Å²) in [5.41, 5.74) is 1.48. The van der Waals surface area contributed by atoms with Gasteiger partial charge in [0.25, 0.3) is 0 Å². The van der Waals surface area contributed by atoms with Gasteiger partial charge in [-0.3, -0.25) is 4.79 Å². The summed E-state index contributed by atoms with van der Waals surface area (Å²) in [5.74, 6) is -0.316. The van der Waals surface area contributed by atoms with Gasteiger partial charge in [-0.25, -0.2) is 12.7 Å². The molecule has 5 nitrogen and oxygen atoms in total. The van der Waals surface area contributed by atoms with E-state index in [1.54, 1.807) is 12.1 Å². The van der Waals surface area contributed by atoms with Crippen molar-refractivity contribution < 1.29 is 13.2 Å². The normalized spacial score (nSPS) is 18.9. The molecule has 0 bridgehead atoms. The van der Waals surface area contributed by atoms with Gasteiger partial charge in [0.2, 0.25) is 15.9 Å². The number of nitrogens with one attached hydrogen (secondary N) is 1. The van der Waals surface area contributed by atoms with Crippen molar-refractivity contribution in [1.82, 2.24) is 4.31 Å². The summed E-state index contributed by atoms with van der Waals surface area (Å²) in [7, 11) is -0.475. The van der Waals surface area contributed by atoms with Crippen molar-refractivity contribution in [3.63, 3.8) is 0 Å². The van der Waals surface area contributed by atoms with Crippen molar-refractivity contribution in [2.24, 2.45) is 0 Å². The molecule has 0 fully saturated rings. The first-order valence-corrected chi connectivity index (χ1v) is 7.19. The van der Waals surface area contributed by atoms with E-state index in [9.17, 15) is 13.2 Å². The lowest BCUT2D eigenvalue weighted by Crippen LogP contribution is -2.22. The quantitative estimate of drug-likeness (QED) is 0.900. The van der Waals surface area contributed by atoms with Crippen molar-refractivity contribution in [2.45, 2.75) is 24.2 Å². The third kappa shape index (κ3) is 1.91. The number of amides is 1. The van der Waals surface area contributed by atoms with Crippen molar-refractivity contribution >= 4 is 21.6 Å². The highest BCUT2D eigenvalue weighted by atomic mass is 32.2. The van der Waals surface area contributed by atoms with E-state index in [2.05, 4.69) is 5.32 Å². The number of hydrogen-bond acceptors (Lipinski definition) is 3. The Morgan fingerprint density at radius 2 is 2.00 bits per heavy atom. The molecule has 6 heteroatoms. The molecular formula is C12H16N2O3S. The van der Waals surface area contributed by atoms with E-state index >= 15 is 0 Å². The third-order valence-corrected chi connectivity index (χ3v) is 4.97. The predicted molar refractivity (Wildman–Crippen MR) is 69.0 cm³/mol. The summed E-state index contributed by atoms with van der Waals surface area (Å²) in [5, 5.41) is 2.76. The Morgan fingerprint density at radius 1 is 1.33 bits per heavy atom. The van der Waals surface area contributed by atoms with Gasteiger partial charge >= 0.3 is 0 Å². The molecule has 1 aliphatic heterocycles. The third-order valence-electron chi connectivity index (χ3n) is 3.16. The molecule has 1 amide bonds. The van der Waals surface area contributed by atoms with E-state index < -0.39 is 10.0 Å². The Labute approximate surface area is 107 Å². The average molecular weight is 268 g/mol. The van der Waals surface area contributed by atoms with Gasteiger partial charge in [0, 0.05) is 19.8 Å². The van der Waals surface area contributed by atoms with E-state index in [1.165, 1.54) is 24.5 Å². The van der Waals surface area contributed by atoms with E-state index in [1.807, 2.05) is 6.92 Å². The van der Waals surface area contributed by atoms with Crippen LogP contribution in [0.2, 0.25) is 0 Å². The first-order chi connectivity index (χ1) is 8.37. The second-order valence-electron chi connectivity index (χ2n) is 4.49. The molecule has 0 spiro atoms. The summed E-state index contributed by atoms with van der Waals surface area (Å²) >= 11 is 0. The Hall–Kier alpha value is -1.40. The Bertz CT molecular complexity index is 593. The van der Waals surface area contributed by atoms with Crippen LogP contribution in [-0.4, -0.2) is 32.7 Å². The maximum atomic E-state index is 12.0. The summed E-state index contributed by atoms with van der Waals surface area (Å²) in [6, 6.07) is 4.77. The van der Waals surface area contributed by atoms with E-state index in [-0.39, 0.29) is 16.7 Å². The average Bonchev–Trinajstić information content (AvgIpc) is 2.62. The van der Waals surface area contributed by atoms with Crippen molar-refractivity contribution in [1.29, 1.82) is 0 Å². The molecule has 1 unspecified atom stereocenters. The summed E-state index contributed by atoms with van der Waals surface area (Å²) in [4.78, 5) is 11.9. The van der Waals surface area contributed by atoms with E-state index in [0.717, 1.165) is 5.56 Å². The number of sulfonamides is 1. The molecule has 0 radical (unpaired) electrons. The second kappa shape index (κ2) is 4.37. The van der Waals surface area contributed by atoms with Gasteiger partial charge in [0.15, 0.2) is 0 Å². The lowest BCUT2D eigenvalue weighted by molar-refractivity contribution is -0.117. The molecule has 1 N–H and O–H groups in total. The van der Waals surface area contributed by atoms with Crippen LogP contribution >= 0.6 is 0 Å². The van der Waals surface area contributed by atoms with Crippen LogP contribution in [0.3, 0.4) is 0 Å². The molecule has 0 saturated heterocycles. The maximum Gasteiger partial charge on any atom is 0.242 e. The molecule has 1 aliphatic rings. The highest BCUT2D eigenvalue weighted by molar-refractivity contribution is 7.89. The maximum absolute atomic E-state index is 12.0. The minimum atomic E-state index is -3.45. The van der Waals surface area contributed by atoms with Gasteiger partial charge in [-0.2, -0.15) is 0 Å². The SMILES string of the molecule is CCC1C(=O)Nc2ccc(S(=O)(=O)N(C)C)cc21. The number of fused-ring (bicyclic) bond motifs is 1. The Kier molecular flexibility index (Phi) is 3.16. The van der Waals surface area contributed by atoms with Crippen LogP contribution in [0.5, 0.6) is 0 Å². The van der Waals surface area contributed by atoms with Gasteiger partial charge in [-0.05, 0) is 30.2 Å². The zero-order valence-electron chi connectivity index (χ0n) is 10.6. The molecule has 1 aromatic carbocycles. The van der Waals surface area contributed by atoms with Crippen LogP contribution in [-0.2, 0) is 14.8 Å². The number of carbonyl (C=O) groups is 1. The molecule has 1 atom stereocenters. The number of benzene rings is 1. The largest absolute Gasteiger partial charge is 0.325 e. The van der Waals surface area contributed by atoms with Gasteiger partial charge in [-0.15, -0.1) is 0 Å². The number of carbonyl (C=O) groups excluding carboxylic acids is 1. The van der Waals surface area contributed by atoms with Crippen LogP contribution in [0.15, 0.2) is 23.1 Å². The zero-order valence-corrected chi connectivity index (χ0v) is 11.4. The minimum absolute atomic E-state index is 0.0631. The second-order valence-corrected chi connectivity index (χ2v) is 6.64. The molecular weight excluding hydrogens is 252 g/mol. The predicted octanol–water partition coefficient (Wildman–Crippen LogP) is 1.38. The number of hydrogen-bond donors (Lipinski definition) is 1. The molecule has 0 saturated carbocycles. The number of nitrogens with zero attached hydrogens (tertiary/aromatic N) is 1. The van der Waals surface area contributed by atoms with Gasteiger partial charge in [-0.1, -0.05) is 6.92 Å². The van der Waals surface area contributed by atoms with Gasteiger partial charge in [0.05, 0.1) is 10.8 Å². The number of rotatable bonds is 3. The molecule has 0 aliphatic carbocycles. The van der Waals surface area contributed by atoms with Crippen LogP contribution < -0.4 is 5.32 Å². The van der Waals surface area contributed by atoms with Gasteiger partial charge in [0.1, 0.15) is 0 Å². The molecule has 2 rings (SSSR count). The van der Waals surface area contributed by atoms with Crippen molar-refractivity contribution in [2.75, 3.05) is 19.4 Å². The molecule has 0 aromatic heterocycles. The molecule has 18 heavy (non-hydrogen) atoms. The summed E-state index contributed by atoms with van der Waals surface area (Å²) in [6.07, 6.45) is 0.657. The molecule has 1 heterocycles. The Balaban J connectivity index is 2.53. The first-order valence-electron chi connectivity index (χ1n) is 5.75. The summed E-state index contributed by atoms with van der Waals surface area (Å²) in [6.45, 7) is 1.91.